The molecule has 4 amide bonds. The highest BCUT2D eigenvalue weighted by Crippen LogP contribution is 2.34. The van der Waals surface area contributed by atoms with Gasteiger partial charge < -0.3 is 30.7 Å². The van der Waals surface area contributed by atoms with E-state index in [1.807, 2.05) is 45.2 Å². The molecule has 0 saturated carbocycles. The van der Waals surface area contributed by atoms with Crippen LogP contribution in [-0.2, 0) is 22.6 Å². The van der Waals surface area contributed by atoms with Crippen molar-refractivity contribution < 1.29 is 14.4 Å². The van der Waals surface area contributed by atoms with Gasteiger partial charge in [0, 0.05) is 69.2 Å². The fourth-order valence-electron chi connectivity index (χ4n) is 8.40. The maximum atomic E-state index is 14.2. The van der Waals surface area contributed by atoms with E-state index in [2.05, 4.69) is 15.1 Å². The molecule has 8 rings (SSSR count). The van der Waals surface area contributed by atoms with E-state index in [1.54, 1.807) is 11.3 Å². The van der Waals surface area contributed by atoms with Gasteiger partial charge in [-0.15, -0.1) is 11.3 Å². The fourth-order valence-corrected chi connectivity index (χ4v) is 9.52. The Labute approximate surface area is 280 Å². The number of nitrogens with one attached hydrogen (secondary N) is 1. The maximum absolute atomic E-state index is 14.2. The van der Waals surface area contributed by atoms with Gasteiger partial charge in [0.25, 0.3) is 0 Å². The van der Waals surface area contributed by atoms with Crippen LogP contribution < -0.4 is 11.1 Å². The first kappa shape index (κ1) is 31.7. The standard InChI is InChI=1S/C34H46ClN7O3S/c1-22-16-23(18-27(35)32(22)36)17-25(33(44)41-13-11-39(12-14-41)29-20-38-7-2-24(29)3-8-38)19-31(43)40-9-4-26(5-10-40)42-21-30-28(6-15-46-30)37-34(42)45/h6,15-16,18,24-26,29H,2-5,7-14,17,19-21,36H2,1H3,(H,37,45)/t25-,29?/m0/s1. The number of hydrogen-bond donors (Lipinski definition) is 2. The number of nitrogens with two attached hydrogens (primary N) is 1. The molecular weight excluding hydrogens is 622 g/mol. The molecule has 248 valence electrons. The number of thiophene rings is 1. The number of urea groups is 1. The third-order valence-corrected chi connectivity index (χ3v) is 12.4. The predicted octanol–water partition coefficient (Wildman–Crippen LogP) is 4.12. The van der Waals surface area contributed by atoms with Crippen LogP contribution in [0, 0.1) is 18.8 Å². The number of carbonyl (C=O) groups excluding carboxylic acids is 3. The average Bonchev–Trinajstić information content (AvgIpc) is 3.54. The van der Waals surface area contributed by atoms with Gasteiger partial charge in [-0.1, -0.05) is 17.7 Å². The van der Waals surface area contributed by atoms with Gasteiger partial charge in [-0.05, 0) is 86.7 Å². The molecule has 0 radical (unpaired) electrons. The Morgan fingerprint density at radius 1 is 1.02 bits per heavy atom. The van der Waals surface area contributed by atoms with Crippen molar-refractivity contribution >= 4 is 52.2 Å². The second kappa shape index (κ2) is 13.3. The van der Waals surface area contributed by atoms with E-state index in [4.69, 9.17) is 17.3 Å². The minimum Gasteiger partial charge on any atom is -0.397 e. The molecule has 2 bridgehead atoms. The Kier molecular flexibility index (Phi) is 9.20. The van der Waals surface area contributed by atoms with Crippen molar-refractivity contribution in [2.45, 2.75) is 64.1 Å². The van der Waals surface area contributed by atoms with Crippen molar-refractivity contribution in [3.05, 3.63) is 44.6 Å². The quantitative estimate of drug-likeness (QED) is 0.431. The normalized spacial score (nSPS) is 26.2. The molecule has 2 atom stereocenters. The van der Waals surface area contributed by atoms with Crippen molar-refractivity contribution in [1.29, 1.82) is 0 Å². The number of carbonyl (C=O) groups is 3. The van der Waals surface area contributed by atoms with Crippen LogP contribution in [-0.4, -0.2) is 113 Å². The summed E-state index contributed by atoms with van der Waals surface area (Å²) in [6.45, 7) is 10.5. The Hall–Kier alpha value is -2.86. The number of likely N-dealkylation sites (tertiary alicyclic amines) is 1. The van der Waals surface area contributed by atoms with E-state index in [-0.39, 0.29) is 30.3 Å². The molecular formula is C34H46ClN7O3S. The molecule has 1 aromatic carbocycles. The summed E-state index contributed by atoms with van der Waals surface area (Å²) in [6, 6.07) is 6.41. The molecule has 7 heterocycles. The number of piperidine rings is 4. The van der Waals surface area contributed by atoms with Crippen LogP contribution >= 0.6 is 22.9 Å². The number of aryl methyl sites for hydroxylation is 1. The number of fused-ring (bicyclic) bond motifs is 4. The summed E-state index contributed by atoms with van der Waals surface area (Å²) in [5.41, 5.74) is 9.39. The Balaban J connectivity index is 0.994. The Morgan fingerprint density at radius 3 is 2.43 bits per heavy atom. The average molecular weight is 668 g/mol. The summed E-state index contributed by atoms with van der Waals surface area (Å²) in [6.07, 6.45) is 4.64. The smallest absolute Gasteiger partial charge is 0.322 e. The summed E-state index contributed by atoms with van der Waals surface area (Å²) in [7, 11) is 0. The molecule has 6 aliphatic heterocycles. The lowest BCUT2D eigenvalue weighted by atomic mass is 9.83. The second-order valence-electron chi connectivity index (χ2n) is 13.9. The number of benzene rings is 1. The Bertz CT molecular complexity index is 1440. The Morgan fingerprint density at radius 2 is 1.76 bits per heavy atom. The van der Waals surface area contributed by atoms with Crippen molar-refractivity contribution in [3.63, 3.8) is 0 Å². The number of nitrogen functional groups attached to an aromatic ring is 1. The molecule has 5 saturated heterocycles. The van der Waals surface area contributed by atoms with Crippen LogP contribution in [0.15, 0.2) is 23.6 Å². The highest BCUT2D eigenvalue weighted by molar-refractivity contribution is 7.10. The number of anilines is 2. The molecule has 10 nitrogen and oxygen atoms in total. The molecule has 1 unspecified atom stereocenters. The molecule has 6 aliphatic rings. The first-order valence-corrected chi connectivity index (χ1v) is 18.2. The monoisotopic (exact) mass is 667 g/mol. The molecule has 0 spiro atoms. The van der Waals surface area contributed by atoms with Crippen LogP contribution in [0.5, 0.6) is 0 Å². The van der Waals surface area contributed by atoms with Gasteiger partial charge in [-0.2, -0.15) is 0 Å². The van der Waals surface area contributed by atoms with Gasteiger partial charge in [-0.3, -0.25) is 14.5 Å². The van der Waals surface area contributed by atoms with Gasteiger partial charge in [0.2, 0.25) is 11.8 Å². The summed E-state index contributed by atoms with van der Waals surface area (Å²) < 4.78 is 0. The largest absolute Gasteiger partial charge is 0.397 e. The fraction of sp³-hybridized carbons (Fsp3) is 0.618. The third kappa shape index (κ3) is 6.48. The number of amides is 4. The van der Waals surface area contributed by atoms with Gasteiger partial charge in [-0.25, -0.2) is 4.79 Å². The van der Waals surface area contributed by atoms with E-state index in [1.165, 1.54) is 30.8 Å². The number of hydrogen-bond acceptors (Lipinski definition) is 7. The van der Waals surface area contributed by atoms with Crippen LogP contribution in [0.3, 0.4) is 0 Å². The van der Waals surface area contributed by atoms with E-state index >= 15 is 0 Å². The predicted molar refractivity (Wildman–Crippen MR) is 182 cm³/mol. The van der Waals surface area contributed by atoms with Crippen molar-refractivity contribution in [2.24, 2.45) is 11.8 Å². The minimum absolute atomic E-state index is 0.00428. The van der Waals surface area contributed by atoms with Crippen molar-refractivity contribution in [2.75, 3.05) is 70.0 Å². The zero-order valence-electron chi connectivity index (χ0n) is 26.8. The second-order valence-corrected chi connectivity index (χ2v) is 15.3. The minimum atomic E-state index is -0.474. The number of nitrogens with zero attached hydrogens (tertiary/aromatic N) is 5. The lowest BCUT2D eigenvalue weighted by Gasteiger charge is -2.51. The first-order chi connectivity index (χ1) is 22.2. The third-order valence-electron chi connectivity index (χ3n) is 11.2. The molecule has 46 heavy (non-hydrogen) atoms. The van der Waals surface area contributed by atoms with E-state index in [9.17, 15) is 14.4 Å². The zero-order valence-corrected chi connectivity index (χ0v) is 28.3. The topological polar surface area (TPSA) is 105 Å². The van der Waals surface area contributed by atoms with Crippen LogP contribution in [0.4, 0.5) is 16.2 Å². The SMILES string of the molecule is Cc1cc(C[C@@H](CC(=O)N2CCC(N3Cc4sccc4NC3=O)CC2)C(=O)N2CCN(C3CN4CCC3CC4)CC2)cc(Cl)c1N. The summed E-state index contributed by atoms with van der Waals surface area (Å²) in [4.78, 5) is 52.9. The number of halogens is 1. The first-order valence-electron chi connectivity index (χ1n) is 16.9. The lowest BCUT2D eigenvalue weighted by Crippen LogP contribution is -2.61. The van der Waals surface area contributed by atoms with Crippen LogP contribution in [0.1, 0.15) is 48.1 Å². The van der Waals surface area contributed by atoms with Gasteiger partial charge in [0.05, 0.1) is 28.9 Å². The summed E-state index contributed by atoms with van der Waals surface area (Å²) >= 11 is 8.11. The van der Waals surface area contributed by atoms with E-state index < -0.39 is 5.92 Å². The maximum Gasteiger partial charge on any atom is 0.322 e. The zero-order chi connectivity index (χ0) is 31.9. The molecule has 2 aromatic rings. The van der Waals surface area contributed by atoms with Crippen molar-refractivity contribution in [1.82, 2.24) is 24.5 Å². The van der Waals surface area contributed by atoms with Crippen molar-refractivity contribution in [3.8, 4) is 0 Å². The molecule has 12 heteroatoms. The van der Waals surface area contributed by atoms with Gasteiger partial charge >= 0.3 is 6.03 Å². The molecule has 1 aromatic heterocycles. The van der Waals surface area contributed by atoms with E-state index in [0.29, 0.717) is 55.9 Å². The highest BCUT2D eigenvalue weighted by Gasteiger charge is 2.40. The number of piperazine rings is 1. The van der Waals surface area contributed by atoms with Gasteiger partial charge in [0.15, 0.2) is 0 Å². The lowest BCUT2D eigenvalue weighted by molar-refractivity contribution is -0.143. The van der Waals surface area contributed by atoms with Crippen LogP contribution in [0.25, 0.3) is 0 Å². The summed E-state index contributed by atoms with van der Waals surface area (Å²) in [5, 5.41) is 5.49. The van der Waals surface area contributed by atoms with E-state index in [0.717, 1.165) is 55.2 Å². The van der Waals surface area contributed by atoms with Gasteiger partial charge in [0.1, 0.15) is 0 Å². The van der Waals surface area contributed by atoms with Crippen LogP contribution in [0.2, 0.25) is 5.02 Å². The number of rotatable bonds is 7. The summed E-state index contributed by atoms with van der Waals surface area (Å²) in [5.74, 6) is 0.360. The molecule has 0 aliphatic carbocycles. The highest BCUT2D eigenvalue weighted by atomic mass is 35.5. The molecule has 5 fully saturated rings. The molecule has 3 N–H and O–H groups in total.